The van der Waals surface area contributed by atoms with Gasteiger partial charge in [-0.05, 0) is 48.9 Å². The van der Waals surface area contributed by atoms with E-state index in [1.807, 2.05) is 0 Å². The van der Waals surface area contributed by atoms with Gasteiger partial charge in [0.25, 0.3) is 0 Å². The van der Waals surface area contributed by atoms with Gasteiger partial charge in [0.05, 0.1) is 15.7 Å². The summed E-state index contributed by atoms with van der Waals surface area (Å²) in [5, 5.41) is 0.512. The molecule has 0 nitrogen and oxygen atoms in total. The summed E-state index contributed by atoms with van der Waals surface area (Å²) in [4.78, 5) is 0. The Hall–Kier alpha value is 0.130. The molecule has 2 fully saturated rings. The molecule has 2 aliphatic carbocycles. The predicted molar refractivity (Wildman–Crippen MR) is 82.0 cm³/mol. The second-order valence-electron chi connectivity index (χ2n) is 8.16. The lowest BCUT2D eigenvalue weighted by Gasteiger charge is -2.45. The first kappa shape index (κ1) is 13.6. The van der Waals surface area contributed by atoms with Crippen molar-refractivity contribution in [1.82, 2.24) is 0 Å². The molecule has 2 rings (SSSR count). The quantitative estimate of drug-likeness (QED) is 0.639. The highest BCUT2D eigenvalue weighted by atomic mass is 14.5. The standard InChI is InChI=1S/C15H30B2/c1-4-7-14(2,3)15(16,17)10-13-9-11-5-6-12(13)8-11/h11-13H,4-10,16-17H2,1-3H3. The van der Waals surface area contributed by atoms with E-state index < -0.39 is 0 Å². The van der Waals surface area contributed by atoms with Crippen LogP contribution in [0.5, 0.6) is 0 Å². The maximum atomic E-state index is 2.52. The van der Waals surface area contributed by atoms with Crippen molar-refractivity contribution < 1.29 is 0 Å². The minimum atomic E-state index is 0.504. The first-order valence-electron chi connectivity index (χ1n) is 7.86. The lowest BCUT2D eigenvalue weighted by Crippen LogP contribution is -2.35. The Morgan fingerprint density at radius 1 is 1.12 bits per heavy atom. The summed E-state index contributed by atoms with van der Waals surface area (Å²) >= 11 is 0. The second kappa shape index (κ2) is 4.67. The van der Waals surface area contributed by atoms with E-state index in [1.165, 1.54) is 19.3 Å². The van der Waals surface area contributed by atoms with Crippen LogP contribution in [0, 0.1) is 23.2 Å². The number of rotatable bonds is 5. The third-order valence-electron chi connectivity index (χ3n) is 6.36. The molecule has 0 amide bonds. The van der Waals surface area contributed by atoms with Crippen LogP contribution in [-0.4, -0.2) is 15.7 Å². The minimum Gasteiger partial charge on any atom is -0.0793 e. The van der Waals surface area contributed by atoms with E-state index in [4.69, 9.17) is 0 Å². The molecule has 2 saturated carbocycles. The number of fused-ring (bicyclic) bond motifs is 2. The van der Waals surface area contributed by atoms with E-state index >= 15 is 0 Å². The normalized spacial score (nSPS) is 33.2. The SMILES string of the molecule is BC(B)(CC1CC2CCC1C2)C(C)(C)CCC. The molecule has 3 atom stereocenters. The average Bonchev–Trinajstić information content (AvgIpc) is 2.77. The van der Waals surface area contributed by atoms with Crippen molar-refractivity contribution in [1.29, 1.82) is 0 Å². The smallest absolute Gasteiger partial charge is 0.0793 e. The molecule has 2 heteroatoms. The Morgan fingerprint density at radius 2 is 1.82 bits per heavy atom. The van der Waals surface area contributed by atoms with Gasteiger partial charge in [-0.3, -0.25) is 0 Å². The van der Waals surface area contributed by atoms with E-state index in [1.54, 1.807) is 25.7 Å². The highest BCUT2D eigenvalue weighted by Crippen LogP contribution is 2.56. The first-order valence-corrected chi connectivity index (χ1v) is 7.86. The van der Waals surface area contributed by atoms with Crippen molar-refractivity contribution in [3.8, 4) is 0 Å². The zero-order chi connectivity index (χ0) is 12.7. The Balaban J connectivity index is 1.97. The van der Waals surface area contributed by atoms with Gasteiger partial charge in [-0.1, -0.05) is 45.2 Å². The second-order valence-corrected chi connectivity index (χ2v) is 8.16. The molecule has 0 aromatic heterocycles. The summed E-state index contributed by atoms with van der Waals surface area (Å²) in [5.41, 5.74) is 0.504. The Kier molecular flexibility index (Phi) is 3.72. The molecule has 0 aromatic carbocycles. The Morgan fingerprint density at radius 3 is 2.29 bits per heavy atom. The number of hydrogen-bond donors (Lipinski definition) is 0. The summed E-state index contributed by atoms with van der Waals surface area (Å²) in [6.45, 7) is 7.31. The fraction of sp³-hybridized carbons (Fsp3) is 1.00. The van der Waals surface area contributed by atoms with Crippen molar-refractivity contribution in [3.05, 3.63) is 0 Å². The zero-order valence-electron chi connectivity index (χ0n) is 12.7. The molecule has 17 heavy (non-hydrogen) atoms. The zero-order valence-corrected chi connectivity index (χ0v) is 12.7. The summed E-state index contributed by atoms with van der Waals surface area (Å²) in [5.74, 6) is 3.26. The van der Waals surface area contributed by atoms with Crippen molar-refractivity contribution >= 4 is 15.7 Å². The van der Waals surface area contributed by atoms with Crippen LogP contribution < -0.4 is 0 Å². The Labute approximate surface area is 110 Å². The largest absolute Gasteiger partial charge is 0.0999 e. The monoisotopic (exact) mass is 232 g/mol. The molecule has 0 aliphatic heterocycles. The molecule has 0 N–H and O–H groups in total. The summed E-state index contributed by atoms with van der Waals surface area (Å²) < 4.78 is 0. The van der Waals surface area contributed by atoms with Gasteiger partial charge in [0.2, 0.25) is 0 Å². The van der Waals surface area contributed by atoms with Crippen LogP contribution in [0.4, 0.5) is 0 Å². The van der Waals surface area contributed by atoms with Gasteiger partial charge in [0.1, 0.15) is 0 Å². The fourth-order valence-corrected chi connectivity index (χ4v) is 4.52. The molecule has 0 heterocycles. The van der Waals surface area contributed by atoms with Gasteiger partial charge in [0.15, 0.2) is 0 Å². The van der Waals surface area contributed by atoms with Crippen molar-refractivity contribution in [2.75, 3.05) is 0 Å². The lowest BCUT2D eigenvalue weighted by molar-refractivity contribution is 0.209. The molecule has 3 unspecified atom stereocenters. The highest BCUT2D eigenvalue weighted by molar-refractivity contribution is 6.40. The van der Waals surface area contributed by atoms with E-state index in [2.05, 4.69) is 36.5 Å². The third kappa shape index (κ3) is 2.61. The molecule has 2 bridgehead atoms. The molecule has 0 spiro atoms. The van der Waals surface area contributed by atoms with Crippen molar-refractivity contribution in [2.45, 2.75) is 70.9 Å². The molecule has 2 aliphatic rings. The van der Waals surface area contributed by atoms with Gasteiger partial charge in [0, 0.05) is 0 Å². The van der Waals surface area contributed by atoms with E-state index in [0.717, 1.165) is 17.8 Å². The molecule has 96 valence electrons. The predicted octanol–water partition coefficient (Wildman–Crippen LogP) is 3.02. The molecule has 0 saturated heterocycles. The van der Waals surface area contributed by atoms with Gasteiger partial charge >= 0.3 is 0 Å². The maximum Gasteiger partial charge on any atom is 0.0999 e. The molecular formula is C15H30B2. The summed E-state index contributed by atoms with van der Waals surface area (Å²) in [6, 6.07) is 0. The lowest BCUT2D eigenvalue weighted by atomic mass is 9.39. The first-order chi connectivity index (χ1) is 7.86. The van der Waals surface area contributed by atoms with Gasteiger partial charge in [-0.2, -0.15) is 0 Å². The molecule has 0 aromatic rings. The van der Waals surface area contributed by atoms with E-state index in [0.29, 0.717) is 10.6 Å². The molecular weight excluding hydrogens is 202 g/mol. The van der Waals surface area contributed by atoms with Crippen LogP contribution in [0.2, 0.25) is 5.21 Å². The van der Waals surface area contributed by atoms with E-state index in [9.17, 15) is 0 Å². The molecule has 0 radical (unpaired) electrons. The van der Waals surface area contributed by atoms with Crippen molar-refractivity contribution in [2.24, 2.45) is 23.2 Å². The minimum absolute atomic E-state index is 0.504. The van der Waals surface area contributed by atoms with Gasteiger partial charge in [-0.25, -0.2) is 0 Å². The van der Waals surface area contributed by atoms with Crippen LogP contribution >= 0.6 is 0 Å². The maximum absolute atomic E-state index is 2.52. The van der Waals surface area contributed by atoms with Crippen LogP contribution in [0.1, 0.15) is 65.7 Å². The van der Waals surface area contributed by atoms with Gasteiger partial charge < -0.3 is 0 Å². The van der Waals surface area contributed by atoms with Crippen LogP contribution in [0.15, 0.2) is 0 Å². The highest BCUT2D eigenvalue weighted by Gasteiger charge is 2.44. The van der Waals surface area contributed by atoms with Crippen LogP contribution in [0.3, 0.4) is 0 Å². The topological polar surface area (TPSA) is 0 Å². The van der Waals surface area contributed by atoms with E-state index in [-0.39, 0.29) is 0 Å². The summed E-state index contributed by atoms with van der Waals surface area (Å²) in [6.07, 6.45) is 10.4. The van der Waals surface area contributed by atoms with Crippen molar-refractivity contribution in [3.63, 3.8) is 0 Å². The Bertz CT molecular complexity index is 270. The summed E-state index contributed by atoms with van der Waals surface area (Å²) in [7, 11) is 5.04. The fourth-order valence-electron chi connectivity index (χ4n) is 4.52. The third-order valence-corrected chi connectivity index (χ3v) is 6.36. The average molecular weight is 232 g/mol. The van der Waals surface area contributed by atoms with Gasteiger partial charge in [-0.15, -0.1) is 0 Å². The van der Waals surface area contributed by atoms with Crippen LogP contribution in [0.25, 0.3) is 0 Å². The number of hydrogen-bond acceptors (Lipinski definition) is 0. The van der Waals surface area contributed by atoms with Crippen LogP contribution in [-0.2, 0) is 0 Å².